The molecule has 198 valence electrons. The van der Waals surface area contributed by atoms with Crippen molar-refractivity contribution in [3.05, 3.63) is 47.5 Å². The summed E-state index contributed by atoms with van der Waals surface area (Å²) in [6.45, 7) is 4.27. The number of aromatic hydroxyl groups is 4. The summed E-state index contributed by atoms with van der Waals surface area (Å²) in [7, 11) is 0. The number of phenols is 4. The van der Waals surface area contributed by atoms with Gasteiger partial charge in [0.25, 0.3) is 11.8 Å². The van der Waals surface area contributed by atoms with Gasteiger partial charge in [-0.2, -0.15) is 0 Å². The Hall–Kier alpha value is -4.03. The highest BCUT2D eigenvalue weighted by molar-refractivity contribution is 5.98. The molecule has 0 aromatic heterocycles. The zero-order chi connectivity index (χ0) is 26.9. The summed E-state index contributed by atoms with van der Waals surface area (Å²) in [5.74, 6) is -2.48. The van der Waals surface area contributed by atoms with Gasteiger partial charge in [-0.25, -0.2) is 0 Å². The van der Waals surface area contributed by atoms with Crippen LogP contribution in [0.3, 0.4) is 0 Å². The van der Waals surface area contributed by atoms with Gasteiger partial charge in [-0.1, -0.05) is 12.1 Å². The van der Waals surface area contributed by atoms with Crippen molar-refractivity contribution in [2.75, 3.05) is 32.7 Å². The van der Waals surface area contributed by atoms with Gasteiger partial charge in [0.1, 0.15) is 0 Å². The van der Waals surface area contributed by atoms with Gasteiger partial charge in [0.05, 0.1) is 17.2 Å². The van der Waals surface area contributed by atoms with E-state index in [-0.39, 0.29) is 29.2 Å². The van der Waals surface area contributed by atoms with Crippen molar-refractivity contribution >= 4 is 18.2 Å². The minimum Gasteiger partial charge on any atom is -0.504 e. The molecule has 0 spiro atoms. The number of phenolic OH excluding ortho intramolecular Hbond substituents is 4. The molecular formula is C24H34N4O8. The zero-order valence-corrected chi connectivity index (χ0v) is 20.0. The number of amides is 3. The first-order chi connectivity index (χ1) is 17.2. The van der Waals surface area contributed by atoms with E-state index in [9.17, 15) is 29.7 Å². The van der Waals surface area contributed by atoms with Crippen LogP contribution in [0.15, 0.2) is 36.4 Å². The fraction of sp³-hybridized carbons (Fsp3) is 0.375. The maximum absolute atomic E-state index is 11.8. The molecule has 0 fully saturated rings. The van der Waals surface area contributed by atoms with Crippen LogP contribution in [0.4, 0.5) is 0 Å². The summed E-state index contributed by atoms with van der Waals surface area (Å²) >= 11 is 0. The molecule has 12 heteroatoms. The quantitative estimate of drug-likeness (QED) is 0.103. The van der Waals surface area contributed by atoms with Crippen LogP contribution in [-0.4, -0.2) is 82.6 Å². The van der Waals surface area contributed by atoms with E-state index in [1.54, 1.807) is 0 Å². The molecule has 2 rings (SSSR count). The van der Waals surface area contributed by atoms with Gasteiger partial charge in [0.2, 0.25) is 6.41 Å². The zero-order valence-electron chi connectivity index (χ0n) is 20.0. The number of para-hydroxylation sites is 2. The SMILES string of the molecule is CC(O)CNC(=O)c1cccc(O)c1O.O=CNCCCNCCCNC(=O)c1cccc(O)c1O. The monoisotopic (exact) mass is 506 g/mol. The van der Waals surface area contributed by atoms with Gasteiger partial charge in [0.15, 0.2) is 23.0 Å². The van der Waals surface area contributed by atoms with Gasteiger partial charge in [0, 0.05) is 19.6 Å². The van der Waals surface area contributed by atoms with E-state index in [4.69, 9.17) is 10.2 Å². The van der Waals surface area contributed by atoms with Crippen LogP contribution in [-0.2, 0) is 4.79 Å². The fourth-order valence-corrected chi connectivity index (χ4v) is 2.77. The second kappa shape index (κ2) is 16.6. The smallest absolute Gasteiger partial charge is 0.255 e. The largest absolute Gasteiger partial charge is 0.504 e. The van der Waals surface area contributed by atoms with E-state index >= 15 is 0 Å². The first kappa shape index (κ1) is 30.0. The summed E-state index contributed by atoms with van der Waals surface area (Å²) in [4.78, 5) is 33.2. The molecule has 36 heavy (non-hydrogen) atoms. The van der Waals surface area contributed by atoms with Crippen LogP contribution in [0.5, 0.6) is 23.0 Å². The molecule has 0 aliphatic carbocycles. The number of hydrogen-bond donors (Lipinski definition) is 9. The summed E-state index contributed by atoms with van der Waals surface area (Å²) in [5.41, 5.74) is 0.0403. The van der Waals surface area contributed by atoms with E-state index in [1.165, 1.54) is 43.3 Å². The Morgan fingerprint density at radius 2 is 1.31 bits per heavy atom. The number of nitrogens with one attached hydrogen (secondary N) is 4. The Morgan fingerprint density at radius 1 is 0.806 bits per heavy atom. The molecule has 0 aliphatic heterocycles. The Labute approximate surface area is 209 Å². The molecule has 0 saturated carbocycles. The molecule has 2 aromatic rings. The van der Waals surface area contributed by atoms with Crippen LogP contribution in [0.2, 0.25) is 0 Å². The first-order valence-electron chi connectivity index (χ1n) is 11.3. The van der Waals surface area contributed by atoms with E-state index in [2.05, 4.69) is 21.3 Å². The van der Waals surface area contributed by atoms with Crippen molar-refractivity contribution < 1.29 is 39.9 Å². The van der Waals surface area contributed by atoms with Gasteiger partial charge >= 0.3 is 0 Å². The van der Waals surface area contributed by atoms with Gasteiger partial charge < -0.3 is 46.8 Å². The molecule has 9 N–H and O–H groups in total. The topological polar surface area (TPSA) is 200 Å². The van der Waals surface area contributed by atoms with Crippen molar-refractivity contribution in [3.63, 3.8) is 0 Å². The van der Waals surface area contributed by atoms with Gasteiger partial charge in [-0.3, -0.25) is 14.4 Å². The highest BCUT2D eigenvalue weighted by Crippen LogP contribution is 2.28. The fourth-order valence-electron chi connectivity index (χ4n) is 2.77. The van der Waals surface area contributed by atoms with E-state index in [0.29, 0.717) is 19.5 Å². The molecule has 2 aromatic carbocycles. The number of hydrogen-bond acceptors (Lipinski definition) is 9. The highest BCUT2D eigenvalue weighted by Gasteiger charge is 2.14. The third-order valence-electron chi connectivity index (χ3n) is 4.65. The third-order valence-corrected chi connectivity index (χ3v) is 4.65. The molecule has 0 aliphatic rings. The third kappa shape index (κ3) is 10.9. The average molecular weight is 507 g/mol. The van der Waals surface area contributed by atoms with Crippen LogP contribution >= 0.6 is 0 Å². The Balaban J connectivity index is 0.000000381. The lowest BCUT2D eigenvalue weighted by atomic mass is 10.1. The van der Waals surface area contributed by atoms with Crippen LogP contribution < -0.4 is 21.3 Å². The molecule has 0 heterocycles. The number of carbonyl (C=O) groups excluding carboxylic acids is 3. The molecule has 0 bridgehead atoms. The second-order valence-electron chi connectivity index (χ2n) is 7.69. The minimum absolute atomic E-state index is 0.0179. The predicted octanol–water partition coefficient (Wildman–Crippen LogP) is 0.152. The maximum atomic E-state index is 11.8. The molecule has 12 nitrogen and oxygen atoms in total. The first-order valence-corrected chi connectivity index (χ1v) is 11.3. The lowest BCUT2D eigenvalue weighted by molar-refractivity contribution is -0.109. The Bertz CT molecular complexity index is 985. The lowest BCUT2D eigenvalue weighted by Gasteiger charge is -2.08. The molecular weight excluding hydrogens is 472 g/mol. The summed E-state index contributed by atoms with van der Waals surface area (Å²) < 4.78 is 0. The number of aliphatic hydroxyl groups is 1. The summed E-state index contributed by atoms with van der Waals surface area (Å²) in [5, 5.41) is 57.2. The normalized spacial score (nSPS) is 10.9. The second-order valence-corrected chi connectivity index (χ2v) is 7.69. The lowest BCUT2D eigenvalue weighted by Crippen LogP contribution is -2.30. The van der Waals surface area contributed by atoms with Crippen molar-refractivity contribution in [1.82, 2.24) is 21.3 Å². The highest BCUT2D eigenvalue weighted by atomic mass is 16.3. The number of benzene rings is 2. The molecule has 3 amide bonds. The predicted molar refractivity (Wildman–Crippen MR) is 132 cm³/mol. The molecule has 1 atom stereocenters. The molecule has 0 radical (unpaired) electrons. The number of aliphatic hydroxyl groups excluding tert-OH is 1. The summed E-state index contributed by atoms with van der Waals surface area (Å²) in [6, 6.07) is 8.37. The van der Waals surface area contributed by atoms with Crippen molar-refractivity contribution in [2.24, 2.45) is 0 Å². The molecule has 0 saturated heterocycles. The maximum Gasteiger partial charge on any atom is 0.255 e. The van der Waals surface area contributed by atoms with Crippen molar-refractivity contribution in [2.45, 2.75) is 25.9 Å². The van der Waals surface area contributed by atoms with E-state index < -0.39 is 29.4 Å². The van der Waals surface area contributed by atoms with Crippen LogP contribution in [0.25, 0.3) is 0 Å². The van der Waals surface area contributed by atoms with Crippen molar-refractivity contribution in [1.29, 1.82) is 0 Å². The average Bonchev–Trinajstić information content (AvgIpc) is 2.85. The van der Waals surface area contributed by atoms with E-state index in [1.807, 2.05) is 0 Å². The summed E-state index contributed by atoms with van der Waals surface area (Å²) in [6.07, 6.45) is 1.61. The standard InChI is InChI=1S/C14H21N3O4.C10H13NO4/c18-10-16-8-2-6-15-7-3-9-17-14(21)11-4-1-5-12(19)13(11)20;1-6(12)5-11-10(15)7-3-2-4-8(13)9(7)14/h1,4-5,10,15,19-20H,2-3,6-9H2,(H,16,18)(H,17,21);2-4,6,12-14H,5H2,1H3,(H,11,15). The molecule has 1 unspecified atom stereocenters. The van der Waals surface area contributed by atoms with E-state index in [0.717, 1.165) is 25.9 Å². The van der Waals surface area contributed by atoms with Crippen LogP contribution in [0.1, 0.15) is 40.5 Å². The minimum atomic E-state index is -0.659. The van der Waals surface area contributed by atoms with Gasteiger partial charge in [-0.05, 0) is 57.1 Å². The van der Waals surface area contributed by atoms with Crippen molar-refractivity contribution in [3.8, 4) is 23.0 Å². The van der Waals surface area contributed by atoms with Crippen LogP contribution in [0, 0.1) is 0 Å². The number of rotatable bonds is 13. The Morgan fingerprint density at radius 3 is 1.81 bits per heavy atom. The van der Waals surface area contributed by atoms with Gasteiger partial charge in [-0.15, -0.1) is 0 Å². The number of carbonyl (C=O) groups is 3. The Kier molecular flexibility index (Phi) is 13.8.